The summed E-state index contributed by atoms with van der Waals surface area (Å²) in [5, 5.41) is 0.340. The predicted octanol–water partition coefficient (Wildman–Crippen LogP) is 2.74. The second kappa shape index (κ2) is 6.19. The van der Waals surface area contributed by atoms with E-state index in [9.17, 15) is 8.42 Å². The Labute approximate surface area is 129 Å². The first kappa shape index (κ1) is 16.0. The van der Waals surface area contributed by atoms with E-state index in [0.29, 0.717) is 21.9 Å². The lowest BCUT2D eigenvalue weighted by Gasteiger charge is -2.15. The summed E-state index contributed by atoms with van der Waals surface area (Å²) >= 11 is 5.98. The second-order valence-electron chi connectivity index (χ2n) is 4.75. The van der Waals surface area contributed by atoms with E-state index in [4.69, 9.17) is 21.8 Å². The molecule has 1 aromatic carbocycles. The molecule has 114 valence electrons. The SMILES string of the molecule is Cc1c(CN)cc(Cl)cc1S(=O)(=O)NC(C)c1ccco1. The molecule has 0 spiro atoms. The average molecular weight is 329 g/mol. The fourth-order valence-corrected chi connectivity index (χ4v) is 3.92. The van der Waals surface area contributed by atoms with Crippen LogP contribution in [0.25, 0.3) is 0 Å². The van der Waals surface area contributed by atoms with Gasteiger partial charge in [-0.15, -0.1) is 0 Å². The van der Waals surface area contributed by atoms with E-state index in [1.807, 2.05) is 0 Å². The van der Waals surface area contributed by atoms with Crippen molar-refractivity contribution in [2.24, 2.45) is 5.73 Å². The van der Waals surface area contributed by atoms with Gasteiger partial charge < -0.3 is 10.2 Å². The van der Waals surface area contributed by atoms with E-state index in [0.717, 1.165) is 0 Å². The van der Waals surface area contributed by atoms with Crippen molar-refractivity contribution in [2.75, 3.05) is 0 Å². The normalized spacial score (nSPS) is 13.3. The second-order valence-corrected chi connectivity index (χ2v) is 6.87. The monoisotopic (exact) mass is 328 g/mol. The Morgan fingerprint density at radius 1 is 1.43 bits per heavy atom. The molecule has 2 rings (SSSR count). The molecule has 1 heterocycles. The molecule has 0 saturated carbocycles. The van der Waals surface area contributed by atoms with Crippen molar-refractivity contribution in [3.63, 3.8) is 0 Å². The van der Waals surface area contributed by atoms with Crippen LogP contribution in [0.15, 0.2) is 39.8 Å². The molecule has 1 unspecified atom stereocenters. The lowest BCUT2D eigenvalue weighted by atomic mass is 10.1. The molecule has 21 heavy (non-hydrogen) atoms. The molecule has 0 aliphatic rings. The topological polar surface area (TPSA) is 85.3 Å². The minimum Gasteiger partial charge on any atom is -0.468 e. The van der Waals surface area contributed by atoms with Gasteiger partial charge in [0.25, 0.3) is 0 Å². The Morgan fingerprint density at radius 3 is 2.71 bits per heavy atom. The van der Waals surface area contributed by atoms with E-state index in [1.165, 1.54) is 12.3 Å². The van der Waals surface area contributed by atoms with Gasteiger partial charge in [0.15, 0.2) is 0 Å². The third-order valence-corrected chi connectivity index (χ3v) is 5.13. The van der Waals surface area contributed by atoms with Gasteiger partial charge in [-0.25, -0.2) is 13.1 Å². The van der Waals surface area contributed by atoms with Crippen LogP contribution in [0.2, 0.25) is 5.02 Å². The predicted molar refractivity (Wildman–Crippen MR) is 81.5 cm³/mol. The van der Waals surface area contributed by atoms with Crippen LogP contribution in [-0.4, -0.2) is 8.42 Å². The molecular formula is C14H17ClN2O3S. The first-order valence-corrected chi connectivity index (χ1v) is 8.26. The standard InChI is InChI=1S/C14H17ClN2O3S/c1-9-11(8-16)6-12(15)7-14(9)21(18,19)17-10(2)13-4-3-5-20-13/h3-7,10,17H,8,16H2,1-2H3. The Balaban J connectivity index is 2.38. The molecule has 0 fully saturated rings. The third kappa shape index (κ3) is 3.47. The summed E-state index contributed by atoms with van der Waals surface area (Å²) in [5.74, 6) is 0.539. The molecule has 0 radical (unpaired) electrons. The van der Waals surface area contributed by atoms with Crippen molar-refractivity contribution < 1.29 is 12.8 Å². The van der Waals surface area contributed by atoms with Crippen molar-refractivity contribution in [1.82, 2.24) is 4.72 Å². The fraction of sp³-hybridized carbons (Fsp3) is 0.286. The lowest BCUT2D eigenvalue weighted by molar-refractivity contribution is 0.459. The number of furan rings is 1. The maximum Gasteiger partial charge on any atom is 0.241 e. The van der Waals surface area contributed by atoms with Crippen LogP contribution in [0.1, 0.15) is 29.9 Å². The summed E-state index contributed by atoms with van der Waals surface area (Å²) in [6.07, 6.45) is 1.50. The molecule has 0 aliphatic carbocycles. The largest absolute Gasteiger partial charge is 0.468 e. The minimum atomic E-state index is -3.72. The van der Waals surface area contributed by atoms with E-state index >= 15 is 0 Å². The Kier molecular flexibility index (Phi) is 4.73. The highest BCUT2D eigenvalue weighted by Crippen LogP contribution is 2.26. The maximum absolute atomic E-state index is 12.5. The van der Waals surface area contributed by atoms with Crippen molar-refractivity contribution in [3.05, 3.63) is 52.4 Å². The first-order chi connectivity index (χ1) is 9.85. The summed E-state index contributed by atoms with van der Waals surface area (Å²) in [5.41, 5.74) is 6.92. The molecule has 3 N–H and O–H groups in total. The Hall–Kier alpha value is -1.34. The van der Waals surface area contributed by atoms with Gasteiger partial charge in [-0.1, -0.05) is 11.6 Å². The van der Waals surface area contributed by atoms with Crippen molar-refractivity contribution in [1.29, 1.82) is 0 Å². The number of hydrogen-bond acceptors (Lipinski definition) is 4. The van der Waals surface area contributed by atoms with Gasteiger partial charge in [0.1, 0.15) is 5.76 Å². The number of rotatable bonds is 5. The van der Waals surface area contributed by atoms with Crippen molar-refractivity contribution in [2.45, 2.75) is 31.3 Å². The molecule has 0 bridgehead atoms. The van der Waals surface area contributed by atoms with Gasteiger partial charge in [-0.2, -0.15) is 0 Å². The number of halogens is 1. The number of nitrogens with two attached hydrogens (primary N) is 1. The molecule has 7 heteroatoms. The molecule has 2 aromatic rings. The van der Waals surface area contributed by atoms with Crippen LogP contribution in [0.4, 0.5) is 0 Å². The van der Waals surface area contributed by atoms with Crippen LogP contribution in [-0.2, 0) is 16.6 Å². The van der Waals surface area contributed by atoms with Gasteiger partial charge in [-0.05, 0) is 49.2 Å². The first-order valence-electron chi connectivity index (χ1n) is 6.40. The van der Waals surface area contributed by atoms with Gasteiger partial charge in [0, 0.05) is 11.6 Å². The molecule has 0 aliphatic heterocycles. The number of benzene rings is 1. The summed E-state index contributed by atoms with van der Waals surface area (Å²) in [6.45, 7) is 3.65. The quantitative estimate of drug-likeness (QED) is 0.883. The van der Waals surface area contributed by atoms with E-state index < -0.39 is 16.1 Å². The zero-order chi connectivity index (χ0) is 15.6. The lowest BCUT2D eigenvalue weighted by Crippen LogP contribution is -2.27. The zero-order valence-corrected chi connectivity index (χ0v) is 13.3. The maximum atomic E-state index is 12.5. The fourth-order valence-electron chi connectivity index (χ4n) is 2.09. The highest BCUT2D eigenvalue weighted by molar-refractivity contribution is 7.89. The Bertz CT molecular complexity index is 727. The average Bonchev–Trinajstić information content (AvgIpc) is 2.94. The highest BCUT2D eigenvalue weighted by atomic mass is 35.5. The summed E-state index contributed by atoms with van der Waals surface area (Å²) in [7, 11) is -3.72. The molecule has 0 amide bonds. The van der Waals surface area contributed by atoms with Gasteiger partial charge in [0.05, 0.1) is 17.2 Å². The van der Waals surface area contributed by atoms with E-state index in [-0.39, 0.29) is 11.4 Å². The molecule has 1 atom stereocenters. The van der Waals surface area contributed by atoms with Crippen LogP contribution in [0.3, 0.4) is 0 Å². The number of nitrogens with one attached hydrogen (secondary N) is 1. The zero-order valence-electron chi connectivity index (χ0n) is 11.8. The molecular weight excluding hydrogens is 312 g/mol. The van der Waals surface area contributed by atoms with E-state index in [2.05, 4.69) is 4.72 Å². The van der Waals surface area contributed by atoms with Gasteiger partial charge in [0.2, 0.25) is 10.0 Å². The van der Waals surface area contributed by atoms with Gasteiger partial charge >= 0.3 is 0 Å². The van der Waals surface area contributed by atoms with Gasteiger partial charge in [-0.3, -0.25) is 0 Å². The highest BCUT2D eigenvalue weighted by Gasteiger charge is 2.23. The molecule has 1 aromatic heterocycles. The summed E-state index contributed by atoms with van der Waals surface area (Å²) in [4.78, 5) is 0.133. The summed E-state index contributed by atoms with van der Waals surface area (Å²) in [6, 6.07) is 6.03. The van der Waals surface area contributed by atoms with Crippen LogP contribution < -0.4 is 10.5 Å². The smallest absolute Gasteiger partial charge is 0.241 e. The Morgan fingerprint density at radius 2 is 2.14 bits per heavy atom. The van der Waals surface area contributed by atoms with Crippen molar-refractivity contribution in [3.8, 4) is 0 Å². The molecule has 0 saturated heterocycles. The summed E-state index contributed by atoms with van der Waals surface area (Å²) < 4.78 is 32.8. The molecule has 5 nitrogen and oxygen atoms in total. The van der Waals surface area contributed by atoms with Crippen molar-refractivity contribution >= 4 is 21.6 Å². The third-order valence-electron chi connectivity index (χ3n) is 3.24. The van der Waals surface area contributed by atoms with E-state index in [1.54, 1.807) is 32.0 Å². The number of hydrogen-bond donors (Lipinski definition) is 2. The van der Waals surface area contributed by atoms with Crippen LogP contribution in [0, 0.1) is 6.92 Å². The number of sulfonamides is 1. The van der Waals surface area contributed by atoms with Crippen LogP contribution >= 0.6 is 11.6 Å². The van der Waals surface area contributed by atoms with Crippen LogP contribution in [0.5, 0.6) is 0 Å². The minimum absolute atomic E-state index is 0.133.